The highest BCUT2D eigenvalue weighted by atomic mass is 16.5. The number of methoxy groups -OCH3 is 1. The minimum atomic E-state index is 0.400. The third-order valence-electron chi connectivity index (χ3n) is 4.57. The van der Waals surface area contributed by atoms with E-state index in [1.165, 1.54) is 5.56 Å². The SMILES string of the molecule is COCCN(C)CCOc1cccc(CN=C(N)Nc2cccc(C(C)C)c2)c1. The summed E-state index contributed by atoms with van der Waals surface area (Å²) >= 11 is 0. The van der Waals surface area contributed by atoms with E-state index in [2.05, 4.69) is 48.2 Å². The van der Waals surface area contributed by atoms with E-state index in [-0.39, 0.29) is 0 Å². The molecule has 29 heavy (non-hydrogen) atoms. The highest BCUT2D eigenvalue weighted by Crippen LogP contribution is 2.18. The van der Waals surface area contributed by atoms with Crippen LogP contribution in [-0.4, -0.2) is 51.3 Å². The van der Waals surface area contributed by atoms with Crippen LogP contribution in [0.3, 0.4) is 0 Å². The molecule has 2 rings (SSSR count). The number of anilines is 1. The van der Waals surface area contributed by atoms with Crippen LogP contribution in [0.15, 0.2) is 53.5 Å². The molecule has 2 aromatic carbocycles. The quantitative estimate of drug-likeness (QED) is 0.446. The molecule has 0 fully saturated rings. The Morgan fingerprint density at radius 2 is 1.86 bits per heavy atom. The van der Waals surface area contributed by atoms with Gasteiger partial charge in [0.05, 0.1) is 13.2 Å². The Bertz CT molecular complexity index is 777. The monoisotopic (exact) mass is 398 g/mol. The Balaban J connectivity index is 1.85. The van der Waals surface area contributed by atoms with Gasteiger partial charge in [-0.25, -0.2) is 4.99 Å². The zero-order valence-electron chi connectivity index (χ0n) is 18.0. The highest BCUT2D eigenvalue weighted by Gasteiger charge is 2.03. The van der Waals surface area contributed by atoms with Crippen LogP contribution in [0.4, 0.5) is 5.69 Å². The first kappa shape index (κ1) is 22.7. The van der Waals surface area contributed by atoms with Crippen LogP contribution in [0.25, 0.3) is 0 Å². The van der Waals surface area contributed by atoms with Gasteiger partial charge in [-0.2, -0.15) is 0 Å². The van der Waals surface area contributed by atoms with Gasteiger partial charge in [0.2, 0.25) is 0 Å². The van der Waals surface area contributed by atoms with Gasteiger partial charge < -0.3 is 25.4 Å². The van der Waals surface area contributed by atoms with E-state index >= 15 is 0 Å². The summed E-state index contributed by atoms with van der Waals surface area (Å²) in [5.41, 5.74) is 9.33. The molecule has 0 bridgehead atoms. The van der Waals surface area contributed by atoms with E-state index < -0.39 is 0 Å². The second-order valence-electron chi connectivity index (χ2n) is 7.40. The molecule has 0 aliphatic carbocycles. The van der Waals surface area contributed by atoms with Crippen molar-refractivity contribution in [3.05, 3.63) is 59.7 Å². The molecule has 0 saturated carbocycles. The first-order valence-electron chi connectivity index (χ1n) is 10.0. The number of rotatable bonds is 11. The first-order chi connectivity index (χ1) is 14.0. The molecule has 0 heterocycles. The van der Waals surface area contributed by atoms with E-state index in [1.54, 1.807) is 7.11 Å². The highest BCUT2D eigenvalue weighted by molar-refractivity contribution is 5.92. The van der Waals surface area contributed by atoms with Crippen molar-refractivity contribution >= 4 is 11.6 Å². The third-order valence-corrected chi connectivity index (χ3v) is 4.57. The summed E-state index contributed by atoms with van der Waals surface area (Å²) in [5.74, 6) is 1.71. The van der Waals surface area contributed by atoms with Gasteiger partial charge in [0.15, 0.2) is 5.96 Å². The molecule has 0 aromatic heterocycles. The molecule has 0 aliphatic heterocycles. The molecule has 0 radical (unpaired) electrons. The molecule has 3 N–H and O–H groups in total. The van der Waals surface area contributed by atoms with Crippen molar-refractivity contribution in [1.29, 1.82) is 0 Å². The van der Waals surface area contributed by atoms with Crippen molar-refractivity contribution in [3.8, 4) is 5.75 Å². The molecule has 0 spiro atoms. The molecular weight excluding hydrogens is 364 g/mol. The molecule has 0 saturated heterocycles. The van der Waals surface area contributed by atoms with Crippen LogP contribution in [0.2, 0.25) is 0 Å². The normalized spacial score (nSPS) is 11.9. The maximum Gasteiger partial charge on any atom is 0.193 e. The van der Waals surface area contributed by atoms with Gasteiger partial charge in [-0.3, -0.25) is 0 Å². The first-order valence-corrected chi connectivity index (χ1v) is 10.0. The van der Waals surface area contributed by atoms with E-state index in [0.717, 1.165) is 36.7 Å². The summed E-state index contributed by atoms with van der Waals surface area (Å²) in [6.07, 6.45) is 0. The minimum Gasteiger partial charge on any atom is -0.492 e. The fourth-order valence-electron chi connectivity index (χ4n) is 2.75. The number of hydrogen-bond acceptors (Lipinski definition) is 4. The molecule has 0 aliphatic rings. The van der Waals surface area contributed by atoms with Crippen molar-refractivity contribution in [1.82, 2.24) is 4.90 Å². The van der Waals surface area contributed by atoms with Crippen molar-refractivity contribution in [2.24, 2.45) is 10.7 Å². The largest absolute Gasteiger partial charge is 0.492 e. The predicted octanol–water partition coefficient (Wildman–Crippen LogP) is 3.69. The lowest BCUT2D eigenvalue weighted by molar-refractivity contribution is 0.150. The van der Waals surface area contributed by atoms with E-state index in [0.29, 0.717) is 25.0 Å². The second kappa shape index (κ2) is 12.1. The fourth-order valence-corrected chi connectivity index (χ4v) is 2.75. The third kappa shape index (κ3) is 8.54. The van der Waals surface area contributed by atoms with Gasteiger partial charge in [0.25, 0.3) is 0 Å². The summed E-state index contributed by atoms with van der Waals surface area (Å²) in [5, 5.41) is 3.17. The average molecular weight is 399 g/mol. The number of nitrogens with two attached hydrogens (primary N) is 1. The van der Waals surface area contributed by atoms with Gasteiger partial charge in [-0.1, -0.05) is 38.1 Å². The Kier molecular flexibility index (Phi) is 9.47. The van der Waals surface area contributed by atoms with E-state index in [1.807, 2.05) is 36.4 Å². The molecule has 0 atom stereocenters. The lowest BCUT2D eigenvalue weighted by atomic mass is 10.0. The average Bonchev–Trinajstić information content (AvgIpc) is 2.71. The molecular formula is C23H34N4O2. The Hall–Kier alpha value is -2.57. The number of benzene rings is 2. The van der Waals surface area contributed by atoms with Gasteiger partial charge in [0, 0.05) is 25.9 Å². The summed E-state index contributed by atoms with van der Waals surface area (Å²) in [6.45, 7) is 7.92. The number of ether oxygens (including phenoxy) is 2. The van der Waals surface area contributed by atoms with Gasteiger partial charge in [-0.15, -0.1) is 0 Å². The van der Waals surface area contributed by atoms with E-state index in [9.17, 15) is 0 Å². The molecule has 2 aromatic rings. The van der Waals surface area contributed by atoms with Crippen molar-refractivity contribution in [2.45, 2.75) is 26.3 Å². The summed E-state index contributed by atoms with van der Waals surface area (Å²) in [6, 6.07) is 16.2. The number of nitrogens with zero attached hydrogens (tertiary/aromatic N) is 2. The standard InChI is InChI=1S/C23H34N4O2/c1-18(2)20-8-6-9-21(16-20)26-23(24)25-17-19-7-5-10-22(15-19)29-14-12-27(3)11-13-28-4/h5-10,15-16,18H,11-14,17H2,1-4H3,(H3,24,25,26). The van der Waals surface area contributed by atoms with Gasteiger partial charge in [0.1, 0.15) is 12.4 Å². The van der Waals surface area contributed by atoms with Crippen molar-refractivity contribution < 1.29 is 9.47 Å². The number of aliphatic imine (C=N–C) groups is 1. The zero-order valence-corrected chi connectivity index (χ0v) is 18.0. The minimum absolute atomic E-state index is 0.400. The number of likely N-dealkylation sites (N-methyl/N-ethyl adjacent to an activating group) is 1. The van der Waals surface area contributed by atoms with Gasteiger partial charge in [-0.05, 0) is 48.4 Å². The summed E-state index contributed by atoms with van der Waals surface area (Å²) in [4.78, 5) is 6.63. The Labute approximate surface area is 174 Å². The number of guanidine groups is 1. The van der Waals surface area contributed by atoms with Crippen LogP contribution in [0.5, 0.6) is 5.75 Å². The second-order valence-corrected chi connectivity index (χ2v) is 7.40. The number of nitrogens with one attached hydrogen (secondary N) is 1. The van der Waals surface area contributed by atoms with Crippen LogP contribution in [-0.2, 0) is 11.3 Å². The van der Waals surface area contributed by atoms with Gasteiger partial charge >= 0.3 is 0 Å². The van der Waals surface area contributed by atoms with Crippen LogP contribution in [0, 0.1) is 0 Å². The van der Waals surface area contributed by atoms with Crippen molar-refractivity contribution in [3.63, 3.8) is 0 Å². The van der Waals surface area contributed by atoms with Crippen molar-refractivity contribution in [2.75, 3.05) is 45.8 Å². The topological polar surface area (TPSA) is 72.1 Å². The lowest BCUT2D eigenvalue weighted by Gasteiger charge is -2.16. The molecule has 6 heteroatoms. The van der Waals surface area contributed by atoms with Crippen LogP contribution < -0.4 is 15.8 Å². The maximum atomic E-state index is 6.06. The fraction of sp³-hybridized carbons (Fsp3) is 0.435. The van der Waals surface area contributed by atoms with E-state index in [4.69, 9.17) is 15.2 Å². The smallest absolute Gasteiger partial charge is 0.193 e. The summed E-state index contributed by atoms with van der Waals surface area (Å²) in [7, 11) is 3.77. The Morgan fingerprint density at radius 1 is 1.10 bits per heavy atom. The molecule has 0 unspecified atom stereocenters. The molecule has 158 valence electrons. The zero-order chi connectivity index (χ0) is 21.1. The maximum absolute atomic E-state index is 6.06. The number of hydrogen-bond donors (Lipinski definition) is 2. The predicted molar refractivity (Wildman–Crippen MR) is 121 cm³/mol. The van der Waals surface area contributed by atoms with Crippen LogP contribution in [0.1, 0.15) is 30.9 Å². The molecule has 0 amide bonds. The summed E-state index contributed by atoms with van der Waals surface area (Å²) < 4.78 is 10.9. The Morgan fingerprint density at radius 3 is 2.62 bits per heavy atom. The van der Waals surface area contributed by atoms with Crippen LogP contribution >= 0.6 is 0 Å². The molecule has 6 nitrogen and oxygen atoms in total. The lowest BCUT2D eigenvalue weighted by Crippen LogP contribution is -2.27.